The highest BCUT2D eigenvalue weighted by atomic mass is 16.5. The molecule has 0 aromatic carbocycles. The van der Waals surface area contributed by atoms with Crippen LogP contribution in [0, 0.1) is 40.4 Å². The lowest BCUT2D eigenvalue weighted by Gasteiger charge is -2.60. The van der Waals surface area contributed by atoms with Gasteiger partial charge in [0, 0.05) is 6.42 Å². The second kappa shape index (κ2) is 13.8. The SMILES string of the molecule is C=C.CC.CC.COC(=O)CCCC1CCC2C3CCC4CCCCC4(C)C3CCC12C. The molecule has 7 atom stereocenters. The van der Waals surface area contributed by atoms with Crippen molar-refractivity contribution < 1.29 is 9.53 Å². The van der Waals surface area contributed by atoms with E-state index in [2.05, 4.69) is 27.0 Å². The van der Waals surface area contributed by atoms with Gasteiger partial charge in [-0.1, -0.05) is 54.4 Å². The van der Waals surface area contributed by atoms with Crippen LogP contribution in [0.5, 0.6) is 0 Å². The fraction of sp³-hybridized carbons (Fsp3) is 0.900. The molecule has 0 aromatic rings. The molecule has 0 spiro atoms. The summed E-state index contributed by atoms with van der Waals surface area (Å²) in [5.41, 5.74) is 1.21. The topological polar surface area (TPSA) is 26.3 Å². The van der Waals surface area contributed by atoms with Gasteiger partial charge in [0.25, 0.3) is 0 Å². The van der Waals surface area contributed by atoms with E-state index in [0.29, 0.717) is 17.3 Å². The number of esters is 1. The Morgan fingerprint density at radius 3 is 2.16 bits per heavy atom. The van der Waals surface area contributed by atoms with Crippen molar-refractivity contribution in [3.63, 3.8) is 0 Å². The van der Waals surface area contributed by atoms with Gasteiger partial charge in [0.1, 0.15) is 0 Å². The van der Waals surface area contributed by atoms with Gasteiger partial charge in [-0.2, -0.15) is 0 Å². The Hall–Kier alpha value is -0.790. The van der Waals surface area contributed by atoms with Gasteiger partial charge in [-0.05, 0) is 105 Å². The summed E-state index contributed by atoms with van der Waals surface area (Å²) in [5, 5.41) is 0. The second-order valence-electron chi connectivity index (χ2n) is 10.7. The third-order valence-electron chi connectivity index (χ3n) is 9.94. The quantitative estimate of drug-likeness (QED) is 0.316. The smallest absolute Gasteiger partial charge is 0.305 e. The number of carbonyl (C=O) groups excluding carboxylic acids is 1. The van der Waals surface area contributed by atoms with Gasteiger partial charge in [0.05, 0.1) is 7.11 Å². The fourth-order valence-electron chi connectivity index (χ4n) is 8.47. The Morgan fingerprint density at radius 1 is 0.844 bits per heavy atom. The molecule has 4 saturated carbocycles. The van der Waals surface area contributed by atoms with Crippen molar-refractivity contribution in [2.75, 3.05) is 7.11 Å². The van der Waals surface area contributed by atoms with Gasteiger partial charge < -0.3 is 4.74 Å². The molecular formula is C30H56O2. The summed E-state index contributed by atoms with van der Waals surface area (Å²) in [4.78, 5) is 11.5. The average molecular weight is 449 g/mol. The normalized spacial score (nSPS) is 39.2. The number of fused-ring (bicyclic) bond motifs is 5. The molecule has 0 aliphatic heterocycles. The van der Waals surface area contributed by atoms with E-state index in [-0.39, 0.29) is 5.97 Å². The zero-order chi connectivity index (χ0) is 24.4. The summed E-state index contributed by atoms with van der Waals surface area (Å²) in [7, 11) is 1.51. The van der Waals surface area contributed by atoms with Crippen LogP contribution in [0.1, 0.15) is 125 Å². The fourth-order valence-corrected chi connectivity index (χ4v) is 8.47. The molecule has 4 aliphatic rings. The van der Waals surface area contributed by atoms with Crippen LogP contribution in [0.2, 0.25) is 0 Å². The number of carbonyl (C=O) groups is 1. The molecule has 0 aromatic heterocycles. The molecule has 0 radical (unpaired) electrons. The van der Waals surface area contributed by atoms with Crippen molar-refractivity contribution in [3.05, 3.63) is 13.2 Å². The van der Waals surface area contributed by atoms with Crippen molar-refractivity contribution in [1.82, 2.24) is 0 Å². The van der Waals surface area contributed by atoms with Crippen molar-refractivity contribution in [1.29, 1.82) is 0 Å². The monoisotopic (exact) mass is 448 g/mol. The van der Waals surface area contributed by atoms with Crippen LogP contribution in [0.4, 0.5) is 0 Å². The van der Waals surface area contributed by atoms with E-state index in [4.69, 9.17) is 4.74 Å². The number of ether oxygens (including phenoxy) is 1. The van der Waals surface area contributed by atoms with Crippen molar-refractivity contribution in [2.24, 2.45) is 40.4 Å². The summed E-state index contributed by atoms with van der Waals surface area (Å²) >= 11 is 0. The number of methoxy groups -OCH3 is 1. The summed E-state index contributed by atoms with van der Waals surface area (Å²) < 4.78 is 4.84. The Morgan fingerprint density at radius 2 is 1.50 bits per heavy atom. The first-order valence-corrected chi connectivity index (χ1v) is 14.1. The third kappa shape index (κ3) is 5.82. The number of hydrogen-bond acceptors (Lipinski definition) is 2. The van der Waals surface area contributed by atoms with Crippen LogP contribution < -0.4 is 0 Å². The maximum absolute atomic E-state index is 11.5. The maximum atomic E-state index is 11.5. The molecule has 7 unspecified atom stereocenters. The number of rotatable bonds is 4. The summed E-state index contributed by atoms with van der Waals surface area (Å²) in [6.45, 7) is 19.3. The molecule has 2 nitrogen and oxygen atoms in total. The third-order valence-corrected chi connectivity index (χ3v) is 9.94. The van der Waals surface area contributed by atoms with E-state index in [1.165, 1.54) is 77.7 Å². The van der Waals surface area contributed by atoms with Gasteiger partial charge in [0.15, 0.2) is 0 Å². The highest BCUT2D eigenvalue weighted by molar-refractivity contribution is 5.68. The minimum absolute atomic E-state index is 0.0306. The van der Waals surface area contributed by atoms with Gasteiger partial charge in [-0.3, -0.25) is 4.79 Å². The highest BCUT2D eigenvalue weighted by Gasteiger charge is 2.59. The Kier molecular flexibility index (Phi) is 12.6. The van der Waals surface area contributed by atoms with Crippen LogP contribution in [-0.4, -0.2) is 13.1 Å². The second-order valence-corrected chi connectivity index (χ2v) is 10.7. The standard InChI is InChI=1S/C24H40O2.2C2H6.C2H4/c1-23-15-5-4-7-17(23)10-12-19-20-13-11-18(8-6-9-22(25)26-3)24(20,2)16-14-21(19)23;3*1-2/h17-21H,4-16H2,1-3H3;2*1-2H3;1-2H2. The van der Waals surface area contributed by atoms with E-state index >= 15 is 0 Å². The lowest BCUT2D eigenvalue weighted by molar-refractivity contribution is -0.140. The molecule has 188 valence electrons. The molecule has 4 fully saturated rings. The Bertz CT molecular complexity index is 543. The highest BCUT2D eigenvalue weighted by Crippen LogP contribution is 2.67. The molecule has 0 N–H and O–H groups in total. The largest absolute Gasteiger partial charge is 0.469 e. The van der Waals surface area contributed by atoms with Gasteiger partial charge >= 0.3 is 5.97 Å². The molecule has 0 heterocycles. The van der Waals surface area contributed by atoms with Gasteiger partial charge in [-0.15, -0.1) is 13.2 Å². The lowest BCUT2D eigenvalue weighted by Crippen LogP contribution is -2.52. The van der Waals surface area contributed by atoms with Crippen molar-refractivity contribution in [3.8, 4) is 0 Å². The van der Waals surface area contributed by atoms with Crippen molar-refractivity contribution in [2.45, 2.75) is 125 Å². The first kappa shape index (κ1) is 29.2. The van der Waals surface area contributed by atoms with Crippen LogP contribution in [0.25, 0.3) is 0 Å². The lowest BCUT2D eigenvalue weighted by atomic mass is 9.45. The molecule has 4 aliphatic carbocycles. The summed E-state index contributed by atoms with van der Waals surface area (Å²) in [6, 6.07) is 0. The van der Waals surface area contributed by atoms with Crippen LogP contribution in [-0.2, 0) is 9.53 Å². The minimum Gasteiger partial charge on any atom is -0.469 e. The minimum atomic E-state index is -0.0306. The van der Waals surface area contributed by atoms with Gasteiger partial charge in [-0.25, -0.2) is 0 Å². The molecule has 0 saturated heterocycles. The average Bonchev–Trinajstić information content (AvgIpc) is 3.18. The zero-order valence-corrected chi connectivity index (χ0v) is 22.8. The molecule has 4 rings (SSSR count). The molecule has 0 amide bonds. The van der Waals surface area contributed by atoms with Crippen LogP contribution in [0.3, 0.4) is 0 Å². The first-order chi connectivity index (χ1) is 15.5. The van der Waals surface area contributed by atoms with E-state index in [1.807, 2.05) is 27.7 Å². The van der Waals surface area contributed by atoms with E-state index in [0.717, 1.165) is 36.0 Å². The zero-order valence-electron chi connectivity index (χ0n) is 22.8. The predicted molar refractivity (Wildman–Crippen MR) is 140 cm³/mol. The van der Waals surface area contributed by atoms with E-state index < -0.39 is 0 Å². The van der Waals surface area contributed by atoms with E-state index in [9.17, 15) is 4.79 Å². The van der Waals surface area contributed by atoms with E-state index in [1.54, 1.807) is 0 Å². The van der Waals surface area contributed by atoms with Crippen LogP contribution >= 0.6 is 0 Å². The Labute approximate surface area is 201 Å². The maximum Gasteiger partial charge on any atom is 0.305 e. The predicted octanol–water partition coefficient (Wildman–Crippen LogP) is 9.23. The summed E-state index contributed by atoms with van der Waals surface area (Å²) in [5.74, 6) is 4.81. The van der Waals surface area contributed by atoms with Crippen molar-refractivity contribution >= 4 is 5.97 Å². The molecule has 32 heavy (non-hydrogen) atoms. The summed E-state index contributed by atoms with van der Waals surface area (Å²) in [6.07, 6.45) is 17.7. The molecule has 2 heteroatoms. The van der Waals surface area contributed by atoms with Crippen LogP contribution in [0.15, 0.2) is 13.2 Å². The van der Waals surface area contributed by atoms with Gasteiger partial charge in [0.2, 0.25) is 0 Å². The molecular weight excluding hydrogens is 392 g/mol. The Balaban J connectivity index is 0.000000789. The number of hydrogen-bond donors (Lipinski definition) is 0. The first-order valence-electron chi connectivity index (χ1n) is 14.1. The molecule has 0 bridgehead atoms.